The molecule has 1 N–H and O–H groups in total. The molecule has 0 unspecified atom stereocenters. The predicted molar refractivity (Wildman–Crippen MR) is 79.0 cm³/mol. The fourth-order valence-corrected chi connectivity index (χ4v) is 2.38. The van der Waals surface area contributed by atoms with E-state index in [4.69, 9.17) is 0 Å². The zero-order chi connectivity index (χ0) is 14.9. The Morgan fingerprint density at radius 3 is 2.15 bits per heavy atom. The normalized spacial score (nSPS) is 16.1. The molecule has 0 aliphatic heterocycles. The van der Waals surface area contributed by atoms with Crippen molar-refractivity contribution in [1.82, 2.24) is 5.32 Å². The average Bonchev–Trinajstić information content (AvgIpc) is 2.22. The van der Waals surface area contributed by atoms with E-state index < -0.39 is 11.6 Å². The quantitative estimate of drug-likeness (QED) is 0.902. The van der Waals surface area contributed by atoms with E-state index in [-0.39, 0.29) is 17.3 Å². The topological polar surface area (TPSA) is 15.3 Å². The minimum Gasteiger partial charge on any atom is -0.367 e. The van der Waals surface area contributed by atoms with Crippen LogP contribution in [-0.4, -0.2) is 18.6 Å². The van der Waals surface area contributed by atoms with Crippen molar-refractivity contribution in [2.24, 2.45) is 0 Å². The number of hydrogen-bond acceptors (Lipinski definition) is 2. The number of anilines is 1. The number of halogens is 2. The summed E-state index contributed by atoms with van der Waals surface area (Å²) in [5, 5.41) is 3.24. The highest BCUT2D eigenvalue weighted by Crippen LogP contribution is 2.32. The lowest BCUT2D eigenvalue weighted by Gasteiger charge is -2.36. The Kier molecular flexibility index (Phi) is 4.33. The van der Waals surface area contributed by atoms with E-state index >= 15 is 0 Å². The Bertz CT molecular complexity index is 453. The van der Waals surface area contributed by atoms with E-state index in [9.17, 15) is 8.78 Å². The first kappa shape index (κ1) is 15.2. The van der Waals surface area contributed by atoms with Crippen LogP contribution in [0.2, 0.25) is 0 Å². The summed E-state index contributed by atoms with van der Waals surface area (Å²) in [4.78, 5) is 1.75. The van der Waals surface area contributed by atoms with Crippen molar-refractivity contribution in [1.29, 1.82) is 0 Å². The summed E-state index contributed by atoms with van der Waals surface area (Å²) in [6, 6.07) is 3.15. The molecule has 1 saturated carbocycles. The summed E-state index contributed by atoms with van der Waals surface area (Å²) in [6.45, 7) is 6.54. The molecule has 0 amide bonds. The Balaban J connectivity index is 2.15. The van der Waals surface area contributed by atoms with Crippen molar-refractivity contribution in [2.75, 3.05) is 11.9 Å². The molecule has 1 aliphatic carbocycles. The second kappa shape index (κ2) is 5.68. The third-order valence-electron chi connectivity index (χ3n) is 3.87. The van der Waals surface area contributed by atoms with Gasteiger partial charge < -0.3 is 10.2 Å². The molecule has 0 radical (unpaired) electrons. The number of nitrogens with one attached hydrogen (secondary N) is 1. The Hall–Kier alpha value is -1.16. The largest absolute Gasteiger partial charge is 0.367 e. The molecule has 1 fully saturated rings. The van der Waals surface area contributed by atoms with Gasteiger partial charge in [0.1, 0.15) is 17.3 Å². The molecule has 0 spiro atoms. The van der Waals surface area contributed by atoms with Crippen LogP contribution in [0.1, 0.15) is 45.6 Å². The van der Waals surface area contributed by atoms with Crippen LogP contribution in [-0.2, 0) is 6.54 Å². The fourth-order valence-electron chi connectivity index (χ4n) is 2.38. The second-order valence-corrected chi connectivity index (χ2v) is 6.71. The molecule has 1 aliphatic rings. The van der Waals surface area contributed by atoms with Crippen LogP contribution < -0.4 is 10.2 Å². The molecular weight excluding hydrogens is 258 g/mol. The number of hydrogen-bond donors (Lipinski definition) is 1. The molecule has 0 bridgehead atoms. The van der Waals surface area contributed by atoms with Gasteiger partial charge in [-0.2, -0.15) is 0 Å². The van der Waals surface area contributed by atoms with Gasteiger partial charge >= 0.3 is 0 Å². The second-order valence-electron chi connectivity index (χ2n) is 6.71. The highest BCUT2D eigenvalue weighted by Gasteiger charge is 2.26. The Labute approximate surface area is 120 Å². The molecule has 4 heteroatoms. The SMILES string of the molecule is CN(c1c(F)cc(CNC(C)(C)C)cc1F)C1CCC1. The van der Waals surface area contributed by atoms with E-state index in [1.165, 1.54) is 12.1 Å². The molecule has 1 aromatic rings. The van der Waals surface area contributed by atoms with Gasteiger partial charge in [-0.1, -0.05) is 0 Å². The molecular formula is C16H24F2N2. The summed E-state index contributed by atoms with van der Waals surface area (Å²) in [5.74, 6) is -0.935. The minimum atomic E-state index is -0.467. The first-order valence-electron chi connectivity index (χ1n) is 7.24. The Morgan fingerprint density at radius 2 is 1.75 bits per heavy atom. The van der Waals surface area contributed by atoms with E-state index in [2.05, 4.69) is 5.32 Å². The van der Waals surface area contributed by atoms with Gasteiger partial charge in [0.05, 0.1) is 0 Å². The maximum Gasteiger partial charge on any atom is 0.149 e. The van der Waals surface area contributed by atoms with Crippen molar-refractivity contribution >= 4 is 5.69 Å². The van der Waals surface area contributed by atoms with Crippen LogP contribution in [0, 0.1) is 11.6 Å². The van der Waals surface area contributed by atoms with Gasteiger partial charge in [0, 0.05) is 25.2 Å². The van der Waals surface area contributed by atoms with Gasteiger partial charge in [-0.3, -0.25) is 0 Å². The van der Waals surface area contributed by atoms with Gasteiger partial charge in [-0.25, -0.2) is 8.78 Å². The van der Waals surface area contributed by atoms with Crippen LogP contribution in [0.25, 0.3) is 0 Å². The molecule has 2 nitrogen and oxygen atoms in total. The third kappa shape index (κ3) is 3.48. The van der Waals surface area contributed by atoms with Crippen LogP contribution in [0.3, 0.4) is 0 Å². The zero-order valence-electron chi connectivity index (χ0n) is 12.8. The lowest BCUT2D eigenvalue weighted by molar-refractivity contribution is 0.393. The van der Waals surface area contributed by atoms with Gasteiger partial charge in [-0.05, 0) is 57.7 Å². The van der Waals surface area contributed by atoms with Crippen molar-refractivity contribution in [3.63, 3.8) is 0 Å². The van der Waals surface area contributed by atoms with Gasteiger partial charge in [0.2, 0.25) is 0 Å². The van der Waals surface area contributed by atoms with Crippen molar-refractivity contribution < 1.29 is 8.78 Å². The molecule has 0 atom stereocenters. The monoisotopic (exact) mass is 282 g/mol. The summed E-state index contributed by atoms with van der Waals surface area (Å²) in [5.41, 5.74) is 0.670. The summed E-state index contributed by atoms with van der Waals surface area (Å²) >= 11 is 0. The first-order chi connectivity index (χ1) is 9.28. The molecule has 20 heavy (non-hydrogen) atoms. The average molecular weight is 282 g/mol. The highest BCUT2D eigenvalue weighted by molar-refractivity contribution is 5.51. The molecule has 0 aromatic heterocycles. The lowest BCUT2D eigenvalue weighted by Crippen LogP contribution is -2.38. The maximum absolute atomic E-state index is 14.2. The van der Waals surface area contributed by atoms with Gasteiger partial charge in [0.15, 0.2) is 0 Å². The molecule has 112 valence electrons. The predicted octanol–water partition coefficient (Wildman–Crippen LogP) is 3.84. The standard InChI is InChI=1S/C16H24F2N2/c1-16(2,3)19-10-11-8-13(17)15(14(18)9-11)20(4)12-6-5-7-12/h8-9,12,19H,5-7,10H2,1-4H3. The van der Waals surface area contributed by atoms with Gasteiger partial charge in [0.25, 0.3) is 0 Å². The van der Waals surface area contributed by atoms with E-state index in [1.807, 2.05) is 20.8 Å². The maximum atomic E-state index is 14.2. The van der Waals surface area contributed by atoms with Crippen LogP contribution >= 0.6 is 0 Å². The number of benzene rings is 1. The highest BCUT2D eigenvalue weighted by atomic mass is 19.1. The third-order valence-corrected chi connectivity index (χ3v) is 3.87. The van der Waals surface area contributed by atoms with E-state index in [0.29, 0.717) is 12.1 Å². The van der Waals surface area contributed by atoms with Crippen LogP contribution in [0.15, 0.2) is 12.1 Å². The van der Waals surface area contributed by atoms with Crippen molar-refractivity contribution in [2.45, 2.75) is 58.2 Å². The zero-order valence-corrected chi connectivity index (χ0v) is 12.8. The Morgan fingerprint density at radius 1 is 1.20 bits per heavy atom. The van der Waals surface area contributed by atoms with Crippen molar-refractivity contribution in [3.05, 3.63) is 29.3 Å². The minimum absolute atomic E-state index is 0.0751. The van der Waals surface area contributed by atoms with E-state index in [1.54, 1.807) is 11.9 Å². The number of nitrogens with zero attached hydrogens (tertiary/aromatic N) is 1. The lowest BCUT2D eigenvalue weighted by atomic mass is 9.91. The molecule has 0 heterocycles. The molecule has 0 saturated heterocycles. The van der Waals surface area contributed by atoms with Crippen LogP contribution in [0.4, 0.5) is 14.5 Å². The number of rotatable bonds is 4. The molecule has 1 aromatic carbocycles. The van der Waals surface area contributed by atoms with Crippen LogP contribution in [0.5, 0.6) is 0 Å². The van der Waals surface area contributed by atoms with E-state index in [0.717, 1.165) is 19.3 Å². The molecule has 2 rings (SSSR count). The summed E-state index contributed by atoms with van der Waals surface area (Å²) in [6.07, 6.45) is 3.18. The fraction of sp³-hybridized carbons (Fsp3) is 0.625. The first-order valence-corrected chi connectivity index (χ1v) is 7.24. The summed E-state index contributed by atoms with van der Waals surface area (Å²) < 4.78 is 28.4. The van der Waals surface area contributed by atoms with Gasteiger partial charge in [-0.15, -0.1) is 0 Å². The van der Waals surface area contributed by atoms with Crippen molar-refractivity contribution in [3.8, 4) is 0 Å². The smallest absolute Gasteiger partial charge is 0.149 e. The summed E-state index contributed by atoms with van der Waals surface area (Å²) in [7, 11) is 1.78.